The van der Waals surface area contributed by atoms with E-state index in [1.54, 1.807) is 0 Å². The molecule has 19 heavy (non-hydrogen) atoms. The summed E-state index contributed by atoms with van der Waals surface area (Å²) in [5.74, 6) is 2.58. The maximum atomic E-state index is 4.52. The minimum Gasteiger partial charge on any atom is -0.354 e. The number of hydrogen-bond donors (Lipinski definition) is 1. The summed E-state index contributed by atoms with van der Waals surface area (Å²) < 4.78 is 0. The molecule has 2 rings (SSSR count). The third-order valence-corrected chi connectivity index (χ3v) is 3.79. The van der Waals surface area contributed by atoms with Crippen molar-refractivity contribution in [3.8, 4) is 0 Å². The largest absolute Gasteiger partial charge is 0.354 e. The fourth-order valence-electron chi connectivity index (χ4n) is 2.17. The molecule has 0 aliphatic heterocycles. The number of aromatic nitrogens is 3. The van der Waals surface area contributed by atoms with E-state index in [0.29, 0.717) is 17.3 Å². The molecule has 0 radical (unpaired) electrons. The van der Waals surface area contributed by atoms with Gasteiger partial charge < -0.3 is 10.2 Å². The van der Waals surface area contributed by atoms with Gasteiger partial charge in [0, 0.05) is 26.6 Å². The van der Waals surface area contributed by atoms with Crippen molar-refractivity contribution >= 4 is 11.9 Å². The molecule has 0 aromatic carbocycles. The Morgan fingerprint density at radius 1 is 1.21 bits per heavy atom. The first-order valence-electron chi connectivity index (χ1n) is 7.07. The predicted molar refractivity (Wildman–Crippen MR) is 78.7 cm³/mol. The van der Waals surface area contributed by atoms with Gasteiger partial charge in [0.2, 0.25) is 11.9 Å². The first kappa shape index (κ1) is 14.0. The van der Waals surface area contributed by atoms with Gasteiger partial charge in [0.1, 0.15) is 5.82 Å². The van der Waals surface area contributed by atoms with E-state index in [-0.39, 0.29) is 0 Å². The van der Waals surface area contributed by atoms with Crippen LogP contribution in [0.4, 0.5) is 11.9 Å². The highest BCUT2D eigenvalue weighted by Gasteiger charge is 2.31. The van der Waals surface area contributed by atoms with Gasteiger partial charge in [-0.1, -0.05) is 27.2 Å². The zero-order valence-corrected chi connectivity index (χ0v) is 12.7. The van der Waals surface area contributed by atoms with Crippen molar-refractivity contribution in [3.05, 3.63) is 5.82 Å². The molecule has 106 valence electrons. The molecule has 1 aliphatic rings. The van der Waals surface area contributed by atoms with Crippen LogP contribution in [-0.4, -0.2) is 35.6 Å². The molecule has 0 spiro atoms. The van der Waals surface area contributed by atoms with Crippen molar-refractivity contribution < 1.29 is 0 Å². The average molecular weight is 263 g/mol. The standard InChI is InChI=1S/C14H25N5/c1-10(2)11-16-12(18-13(17-11)19(4)5)15-9-14(3)7-6-8-14/h10H,6-9H2,1-5H3,(H,15,16,17,18). The lowest BCUT2D eigenvalue weighted by molar-refractivity contribution is 0.179. The van der Waals surface area contributed by atoms with E-state index in [1.807, 2.05) is 19.0 Å². The Labute approximate surface area is 115 Å². The SMILES string of the molecule is CC(C)c1nc(NCC2(C)CCC2)nc(N(C)C)n1. The van der Waals surface area contributed by atoms with Gasteiger partial charge in [-0.2, -0.15) is 15.0 Å². The summed E-state index contributed by atoms with van der Waals surface area (Å²) in [6.07, 6.45) is 3.93. The van der Waals surface area contributed by atoms with Gasteiger partial charge >= 0.3 is 0 Å². The molecule has 1 N–H and O–H groups in total. The Bertz CT molecular complexity index is 411. The van der Waals surface area contributed by atoms with E-state index in [2.05, 4.69) is 41.0 Å². The molecule has 1 aromatic rings. The third-order valence-electron chi connectivity index (χ3n) is 3.79. The van der Waals surface area contributed by atoms with Crippen LogP contribution in [0.15, 0.2) is 0 Å². The molecule has 0 bridgehead atoms. The molecule has 1 fully saturated rings. The van der Waals surface area contributed by atoms with E-state index >= 15 is 0 Å². The molecular weight excluding hydrogens is 238 g/mol. The van der Waals surface area contributed by atoms with Crippen molar-refractivity contribution in [2.24, 2.45) is 5.41 Å². The second-order valence-corrected chi connectivity index (χ2v) is 6.38. The number of nitrogens with zero attached hydrogens (tertiary/aromatic N) is 4. The highest BCUT2D eigenvalue weighted by Crippen LogP contribution is 2.40. The van der Waals surface area contributed by atoms with Crippen molar-refractivity contribution in [2.45, 2.75) is 46.0 Å². The van der Waals surface area contributed by atoms with E-state index in [0.717, 1.165) is 18.3 Å². The molecule has 0 amide bonds. The lowest BCUT2D eigenvalue weighted by Gasteiger charge is -2.38. The minimum absolute atomic E-state index is 0.307. The summed E-state index contributed by atoms with van der Waals surface area (Å²) in [4.78, 5) is 15.4. The lowest BCUT2D eigenvalue weighted by atomic mass is 9.70. The molecule has 1 heterocycles. The maximum Gasteiger partial charge on any atom is 0.229 e. The van der Waals surface area contributed by atoms with E-state index in [4.69, 9.17) is 0 Å². The van der Waals surface area contributed by atoms with E-state index in [1.165, 1.54) is 19.3 Å². The van der Waals surface area contributed by atoms with Crippen LogP contribution < -0.4 is 10.2 Å². The van der Waals surface area contributed by atoms with Crippen LogP contribution in [0, 0.1) is 5.41 Å². The van der Waals surface area contributed by atoms with Gasteiger partial charge in [-0.05, 0) is 18.3 Å². The molecule has 5 nitrogen and oxygen atoms in total. The molecule has 0 atom stereocenters. The molecular formula is C14H25N5. The number of nitrogens with one attached hydrogen (secondary N) is 1. The zero-order chi connectivity index (χ0) is 14.0. The van der Waals surface area contributed by atoms with Gasteiger partial charge in [0.05, 0.1) is 0 Å². The summed E-state index contributed by atoms with van der Waals surface area (Å²) in [5.41, 5.74) is 0.420. The first-order valence-corrected chi connectivity index (χ1v) is 7.07. The topological polar surface area (TPSA) is 53.9 Å². The monoisotopic (exact) mass is 263 g/mol. The molecule has 0 unspecified atom stereocenters. The molecule has 5 heteroatoms. The van der Waals surface area contributed by atoms with E-state index in [9.17, 15) is 0 Å². The third kappa shape index (κ3) is 3.33. The van der Waals surface area contributed by atoms with Crippen LogP contribution in [0.2, 0.25) is 0 Å². The van der Waals surface area contributed by atoms with Gasteiger partial charge in [-0.15, -0.1) is 0 Å². The van der Waals surface area contributed by atoms with Crippen LogP contribution in [0.1, 0.15) is 51.8 Å². The van der Waals surface area contributed by atoms with Crippen LogP contribution >= 0.6 is 0 Å². The summed E-state index contributed by atoms with van der Waals surface area (Å²) in [5, 5.41) is 3.39. The fourth-order valence-corrected chi connectivity index (χ4v) is 2.17. The minimum atomic E-state index is 0.307. The number of anilines is 2. The van der Waals surface area contributed by atoms with Crippen molar-refractivity contribution in [3.63, 3.8) is 0 Å². The number of hydrogen-bond acceptors (Lipinski definition) is 5. The first-order chi connectivity index (χ1) is 8.89. The smallest absolute Gasteiger partial charge is 0.229 e. The van der Waals surface area contributed by atoms with Crippen molar-refractivity contribution in [1.29, 1.82) is 0 Å². The quantitative estimate of drug-likeness (QED) is 0.885. The Kier molecular flexibility index (Phi) is 3.92. The average Bonchev–Trinajstić information content (AvgIpc) is 2.33. The lowest BCUT2D eigenvalue weighted by Crippen LogP contribution is -2.34. The summed E-state index contributed by atoms with van der Waals surface area (Å²) in [6, 6.07) is 0. The Balaban J connectivity index is 2.14. The van der Waals surface area contributed by atoms with Crippen LogP contribution in [0.3, 0.4) is 0 Å². The van der Waals surface area contributed by atoms with Crippen LogP contribution in [0.25, 0.3) is 0 Å². The Hall–Kier alpha value is -1.39. The highest BCUT2D eigenvalue weighted by molar-refractivity contribution is 5.36. The zero-order valence-electron chi connectivity index (χ0n) is 12.7. The fraction of sp³-hybridized carbons (Fsp3) is 0.786. The van der Waals surface area contributed by atoms with E-state index < -0.39 is 0 Å². The molecule has 1 aromatic heterocycles. The Morgan fingerprint density at radius 2 is 1.89 bits per heavy atom. The molecule has 1 saturated carbocycles. The van der Waals surface area contributed by atoms with Gasteiger partial charge in [-0.3, -0.25) is 0 Å². The predicted octanol–water partition coefficient (Wildman–Crippen LogP) is 2.66. The van der Waals surface area contributed by atoms with Gasteiger partial charge in [0.15, 0.2) is 0 Å². The summed E-state index contributed by atoms with van der Waals surface area (Å²) >= 11 is 0. The van der Waals surface area contributed by atoms with Crippen LogP contribution in [0.5, 0.6) is 0 Å². The molecule has 1 aliphatic carbocycles. The van der Waals surface area contributed by atoms with Crippen LogP contribution in [-0.2, 0) is 0 Å². The normalized spacial score (nSPS) is 17.2. The second kappa shape index (κ2) is 5.31. The second-order valence-electron chi connectivity index (χ2n) is 6.38. The molecule has 0 saturated heterocycles. The van der Waals surface area contributed by atoms with Gasteiger partial charge in [0.25, 0.3) is 0 Å². The van der Waals surface area contributed by atoms with Gasteiger partial charge in [-0.25, -0.2) is 0 Å². The van der Waals surface area contributed by atoms with Crippen molar-refractivity contribution in [1.82, 2.24) is 15.0 Å². The highest BCUT2D eigenvalue weighted by atomic mass is 15.3. The number of rotatable bonds is 5. The maximum absolute atomic E-state index is 4.52. The Morgan fingerprint density at radius 3 is 2.37 bits per heavy atom. The van der Waals surface area contributed by atoms with Crippen molar-refractivity contribution in [2.75, 3.05) is 30.9 Å². The summed E-state index contributed by atoms with van der Waals surface area (Å²) in [6.45, 7) is 7.47. The summed E-state index contributed by atoms with van der Waals surface area (Å²) in [7, 11) is 3.91.